The number of ether oxygens (including phenoxy) is 1. The summed E-state index contributed by atoms with van der Waals surface area (Å²) < 4.78 is 5.78. The Balaban J connectivity index is 1.55. The van der Waals surface area contributed by atoms with Crippen molar-refractivity contribution in [3.05, 3.63) is 34.0 Å². The van der Waals surface area contributed by atoms with Gasteiger partial charge in [-0.15, -0.1) is 11.3 Å². The largest absolute Gasteiger partial charge is 0.367 e. The van der Waals surface area contributed by atoms with E-state index < -0.39 is 0 Å². The summed E-state index contributed by atoms with van der Waals surface area (Å²) in [6.45, 7) is 6.46. The van der Waals surface area contributed by atoms with Crippen molar-refractivity contribution in [2.45, 2.75) is 39.0 Å². The number of nitrogens with zero attached hydrogens (tertiary/aromatic N) is 3. The maximum absolute atomic E-state index is 12.4. The maximum Gasteiger partial charge on any atom is 0.237 e. The first-order chi connectivity index (χ1) is 11.7. The Morgan fingerprint density at radius 2 is 2.50 bits per heavy atom. The Morgan fingerprint density at radius 1 is 1.62 bits per heavy atom. The second-order valence-electron chi connectivity index (χ2n) is 5.82. The van der Waals surface area contributed by atoms with Crippen molar-refractivity contribution < 1.29 is 9.53 Å². The Hall–Kier alpha value is -1.77. The molecule has 3 heterocycles. The molecule has 0 unspecified atom stereocenters. The molecular formula is C16H23N5O2S. The molecule has 0 radical (unpaired) electrons. The van der Waals surface area contributed by atoms with Crippen LogP contribution in [0.3, 0.4) is 0 Å². The van der Waals surface area contributed by atoms with Gasteiger partial charge in [-0.3, -0.25) is 14.8 Å². The molecule has 1 aliphatic rings. The Kier molecular flexibility index (Phi) is 5.60. The highest BCUT2D eigenvalue weighted by atomic mass is 32.1. The minimum Gasteiger partial charge on any atom is -0.367 e. The van der Waals surface area contributed by atoms with Crippen molar-refractivity contribution in [3.8, 4) is 0 Å². The van der Waals surface area contributed by atoms with Crippen LogP contribution in [0.1, 0.15) is 36.5 Å². The molecule has 0 saturated carbocycles. The summed E-state index contributed by atoms with van der Waals surface area (Å²) in [4.78, 5) is 20.1. The molecule has 2 N–H and O–H groups in total. The monoisotopic (exact) mass is 349 g/mol. The second kappa shape index (κ2) is 7.87. The zero-order chi connectivity index (χ0) is 16.9. The van der Waals surface area contributed by atoms with Gasteiger partial charge in [0.1, 0.15) is 11.9 Å². The molecule has 1 saturated heterocycles. The van der Waals surface area contributed by atoms with Gasteiger partial charge in [0.05, 0.1) is 19.2 Å². The minimum absolute atomic E-state index is 0.0354. The smallest absolute Gasteiger partial charge is 0.237 e. The first-order valence-corrected chi connectivity index (χ1v) is 9.12. The van der Waals surface area contributed by atoms with Crippen molar-refractivity contribution in [1.29, 1.82) is 0 Å². The second-order valence-corrected chi connectivity index (χ2v) is 6.85. The molecule has 24 heavy (non-hydrogen) atoms. The van der Waals surface area contributed by atoms with Gasteiger partial charge in [0.15, 0.2) is 5.82 Å². The van der Waals surface area contributed by atoms with Gasteiger partial charge < -0.3 is 10.1 Å². The molecule has 1 aliphatic heterocycles. The average Bonchev–Trinajstić information content (AvgIpc) is 3.30. The molecule has 2 aromatic rings. The topological polar surface area (TPSA) is 83.1 Å². The standard InChI is InChI=1S/C16H23N5O2S/c1-3-14-18-15(20-19-14)13-10-21(6-7-23-13)11(2)16(22)17-9-12-5-4-8-24-12/h4-5,8,11,13H,3,6-7,9-10H2,1-2H3,(H,17,22)(H,18,19,20)/t11-,13+/m1/s1. The Labute approximate surface area is 145 Å². The predicted molar refractivity (Wildman–Crippen MR) is 91.7 cm³/mol. The van der Waals surface area contributed by atoms with Crippen LogP contribution >= 0.6 is 11.3 Å². The van der Waals surface area contributed by atoms with Gasteiger partial charge in [-0.1, -0.05) is 13.0 Å². The van der Waals surface area contributed by atoms with E-state index in [-0.39, 0.29) is 18.1 Å². The summed E-state index contributed by atoms with van der Waals surface area (Å²) in [5.41, 5.74) is 0. The number of H-pyrrole nitrogens is 1. The number of nitrogens with one attached hydrogen (secondary N) is 2. The minimum atomic E-state index is -0.207. The van der Waals surface area contributed by atoms with E-state index in [9.17, 15) is 4.79 Å². The van der Waals surface area contributed by atoms with Crippen LogP contribution in [0.15, 0.2) is 17.5 Å². The maximum atomic E-state index is 12.4. The Bertz CT molecular complexity index is 657. The number of amides is 1. The van der Waals surface area contributed by atoms with E-state index in [4.69, 9.17) is 4.74 Å². The van der Waals surface area contributed by atoms with Crippen molar-refractivity contribution in [2.24, 2.45) is 0 Å². The van der Waals surface area contributed by atoms with E-state index >= 15 is 0 Å². The molecule has 7 nitrogen and oxygen atoms in total. The lowest BCUT2D eigenvalue weighted by molar-refractivity contribution is -0.129. The summed E-state index contributed by atoms with van der Waals surface area (Å²) in [7, 11) is 0. The lowest BCUT2D eigenvalue weighted by Crippen LogP contribution is -2.50. The van der Waals surface area contributed by atoms with E-state index in [1.807, 2.05) is 31.4 Å². The highest BCUT2D eigenvalue weighted by molar-refractivity contribution is 7.09. The third-order valence-electron chi connectivity index (χ3n) is 4.21. The zero-order valence-electron chi connectivity index (χ0n) is 14.0. The van der Waals surface area contributed by atoms with E-state index in [1.165, 1.54) is 0 Å². The number of carbonyl (C=O) groups is 1. The fraction of sp³-hybridized carbons (Fsp3) is 0.562. The number of morpholine rings is 1. The van der Waals surface area contributed by atoms with E-state index in [2.05, 4.69) is 25.4 Å². The summed E-state index contributed by atoms with van der Waals surface area (Å²) in [6.07, 6.45) is 0.619. The third-order valence-corrected chi connectivity index (χ3v) is 5.09. The van der Waals surface area contributed by atoms with E-state index in [1.54, 1.807) is 11.3 Å². The summed E-state index contributed by atoms with van der Waals surface area (Å²) in [5, 5.41) is 12.2. The first-order valence-electron chi connectivity index (χ1n) is 8.24. The molecule has 1 fully saturated rings. The van der Waals surface area contributed by atoms with Crippen LogP contribution in [-0.4, -0.2) is 51.7 Å². The quantitative estimate of drug-likeness (QED) is 0.826. The van der Waals surface area contributed by atoms with Crippen molar-refractivity contribution in [1.82, 2.24) is 25.4 Å². The van der Waals surface area contributed by atoms with Crippen molar-refractivity contribution in [2.75, 3.05) is 19.7 Å². The molecule has 2 atom stereocenters. The number of aromatic nitrogens is 3. The first kappa shape index (κ1) is 17.1. The number of thiophene rings is 1. The molecule has 8 heteroatoms. The lowest BCUT2D eigenvalue weighted by atomic mass is 10.2. The molecule has 3 rings (SSSR count). The number of carbonyl (C=O) groups excluding carboxylic acids is 1. The normalized spacial score (nSPS) is 20.0. The molecule has 2 aromatic heterocycles. The number of hydrogen-bond acceptors (Lipinski definition) is 6. The fourth-order valence-electron chi connectivity index (χ4n) is 2.69. The summed E-state index contributed by atoms with van der Waals surface area (Å²) in [6, 6.07) is 3.80. The molecule has 0 aromatic carbocycles. The van der Waals surface area contributed by atoms with Gasteiger partial charge >= 0.3 is 0 Å². The van der Waals surface area contributed by atoms with Gasteiger partial charge in [-0.2, -0.15) is 5.10 Å². The summed E-state index contributed by atoms with van der Waals surface area (Å²) in [5.74, 6) is 1.56. The van der Waals surface area contributed by atoms with Gasteiger partial charge in [0.25, 0.3) is 0 Å². The van der Waals surface area contributed by atoms with Gasteiger partial charge in [0, 0.05) is 24.4 Å². The highest BCUT2D eigenvalue weighted by Gasteiger charge is 2.30. The van der Waals surface area contributed by atoms with Crippen LogP contribution in [0.2, 0.25) is 0 Å². The van der Waals surface area contributed by atoms with Gasteiger partial charge in [0.2, 0.25) is 5.91 Å². The molecule has 130 valence electrons. The fourth-order valence-corrected chi connectivity index (χ4v) is 3.33. The average molecular weight is 349 g/mol. The van der Waals surface area contributed by atoms with Crippen molar-refractivity contribution in [3.63, 3.8) is 0 Å². The molecule has 0 bridgehead atoms. The van der Waals surface area contributed by atoms with Crippen molar-refractivity contribution >= 4 is 17.2 Å². The van der Waals surface area contributed by atoms with Gasteiger partial charge in [-0.25, -0.2) is 4.98 Å². The zero-order valence-corrected chi connectivity index (χ0v) is 14.8. The number of hydrogen-bond donors (Lipinski definition) is 2. The predicted octanol–water partition coefficient (Wildman–Crippen LogP) is 1.51. The van der Waals surface area contributed by atoms with Crippen LogP contribution in [0, 0.1) is 0 Å². The molecule has 0 aliphatic carbocycles. The number of rotatable bonds is 6. The highest BCUT2D eigenvalue weighted by Crippen LogP contribution is 2.21. The van der Waals surface area contributed by atoms with Crippen LogP contribution in [0.5, 0.6) is 0 Å². The lowest BCUT2D eigenvalue weighted by Gasteiger charge is -2.35. The van der Waals surface area contributed by atoms with Crippen LogP contribution in [0.4, 0.5) is 0 Å². The van der Waals surface area contributed by atoms with E-state index in [0.717, 1.165) is 23.7 Å². The van der Waals surface area contributed by atoms with Crippen LogP contribution in [0.25, 0.3) is 0 Å². The Morgan fingerprint density at radius 3 is 3.21 bits per heavy atom. The van der Waals surface area contributed by atoms with Crippen LogP contribution < -0.4 is 5.32 Å². The van der Waals surface area contributed by atoms with E-state index in [0.29, 0.717) is 25.5 Å². The number of aryl methyl sites for hydroxylation is 1. The number of aromatic amines is 1. The van der Waals surface area contributed by atoms with Crippen LogP contribution in [-0.2, 0) is 22.5 Å². The molecule has 1 amide bonds. The van der Waals surface area contributed by atoms with Gasteiger partial charge in [-0.05, 0) is 18.4 Å². The molecular weight excluding hydrogens is 326 g/mol. The summed E-state index contributed by atoms with van der Waals surface area (Å²) >= 11 is 1.65. The third kappa shape index (κ3) is 4.00. The molecule has 0 spiro atoms. The SMILES string of the molecule is CCc1nc([C@@H]2CN([C@H](C)C(=O)NCc3cccs3)CCO2)n[nH]1.